The van der Waals surface area contributed by atoms with Gasteiger partial charge in [0.1, 0.15) is 11.5 Å². The van der Waals surface area contributed by atoms with Crippen LogP contribution in [0, 0.1) is 17.0 Å². The number of rotatable bonds is 7. The Morgan fingerprint density at radius 1 is 1.15 bits per heavy atom. The molecule has 0 N–H and O–H groups in total. The number of allylic oxidation sites excluding steroid dienone is 1. The van der Waals surface area contributed by atoms with Gasteiger partial charge in [0.15, 0.2) is 4.80 Å². The minimum Gasteiger partial charge on any atom is -0.457 e. The van der Waals surface area contributed by atoms with Crippen LogP contribution in [0.3, 0.4) is 0 Å². The highest BCUT2D eigenvalue weighted by Crippen LogP contribution is 2.33. The van der Waals surface area contributed by atoms with Crippen LogP contribution in [0.25, 0.3) is 17.4 Å². The predicted octanol–water partition coefficient (Wildman–Crippen LogP) is 5.23. The molecule has 1 amide bonds. The van der Waals surface area contributed by atoms with E-state index in [-0.39, 0.29) is 17.2 Å². The topological polar surface area (TPSA) is 111 Å². The van der Waals surface area contributed by atoms with Gasteiger partial charge in [-0.05, 0) is 57.5 Å². The van der Waals surface area contributed by atoms with E-state index < -0.39 is 11.0 Å². The number of halogens is 1. The Balaban J connectivity index is 1.64. The lowest BCUT2D eigenvalue weighted by molar-refractivity contribution is -0.385. The number of benzene rings is 2. The van der Waals surface area contributed by atoms with E-state index in [1.165, 1.54) is 17.4 Å². The molecule has 3 heterocycles. The first kappa shape index (κ1) is 28.3. The molecule has 0 radical (unpaired) electrons. The maximum atomic E-state index is 13.9. The summed E-state index contributed by atoms with van der Waals surface area (Å²) in [7, 11) is 0. The zero-order valence-corrected chi connectivity index (χ0v) is 24.5. The summed E-state index contributed by atoms with van der Waals surface area (Å²) < 4.78 is 7.94. The van der Waals surface area contributed by atoms with Crippen molar-refractivity contribution in [2.45, 2.75) is 33.7 Å². The molecular formula is C30H27ClN4O5S. The number of nitro benzene ring substituents is 1. The first-order valence-electron chi connectivity index (χ1n) is 13.1. The lowest BCUT2D eigenvalue weighted by Gasteiger charge is -2.29. The molecule has 0 saturated carbocycles. The van der Waals surface area contributed by atoms with Gasteiger partial charge in [-0.2, -0.15) is 0 Å². The highest BCUT2D eigenvalue weighted by Gasteiger charge is 2.34. The lowest BCUT2D eigenvalue weighted by Crippen LogP contribution is -2.43. The quantitative estimate of drug-likeness (QED) is 0.216. The van der Waals surface area contributed by atoms with Crippen LogP contribution in [0.5, 0.6) is 0 Å². The Labute approximate surface area is 244 Å². The number of nitro groups is 1. The van der Waals surface area contributed by atoms with E-state index in [2.05, 4.69) is 4.99 Å². The summed E-state index contributed by atoms with van der Waals surface area (Å²) in [4.78, 5) is 45.4. The van der Waals surface area contributed by atoms with E-state index >= 15 is 0 Å². The zero-order chi connectivity index (χ0) is 29.4. The van der Waals surface area contributed by atoms with Crippen LogP contribution in [0.4, 0.5) is 5.69 Å². The van der Waals surface area contributed by atoms with Gasteiger partial charge in [0, 0.05) is 41.4 Å². The standard InChI is InChI=1S/C30H27ClN4O5S/c1-5-33(6-2)29(37)26-18(4)32-30-34(27(26)19-10-12-20(31)13-11-19)28(36)25(41-30)16-21-14-15-24(40-21)22-8-7-9-23(17(22)3)35(38)39/h7-16,27H,5-6H2,1-4H3/b25-16+/t27-/m1/s1. The van der Waals surface area contributed by atoms with E-state index in [4.69, 9.17) is 16.0 Å². The van der Waals surface area contributed by atoms with Gasteiger partial charge < -0.3 is 9.32 Å². The number of furan rings is 1. The Morgan fingerprint density at radius 2 is 1.85 bits per heavy atom. The van der Waals surface area contributed by atoms with Crippen LogP contribution >= 0.6 is 22.9 Å². The molecule has 1 atom stereocenters. The third kappa shape index (κ3) is 5.16. The van der Waals surface area contributed by atoms with E-state index in [1.54, 1.807) is 65.8 Å². The summed E-state index contributed by atoms with van der Waals surface area (Å²) in [5.41, 5.74) is 2.51. The Hall–Kier alpha value is -4.28. The molecule has 5 rings (SSSR count). The number of amides is 1. The van der Waals surface area contributed by atoms with Crippen LogP contribution in [-0.2, 0) is 4.79 Å². The van der Waals surface area contributed by atoms with Crippen molar-refractivity contribution in [3.05, 3.63) is 118 Å². The van der Waals surface area contributed by atoms with Crippen molar-refractivity contribution in [1.82, 2.24) is 9.47 Å². The summed E-state index contributed by atoms with van der Waals surface area (Å²) in [6.45, 7) is 8.33. The average Bonchev–Trinajstić information content (AvgIpc) is 3.53. The van der Waals surface area contributed by atoms with Crippen molar-refractivity contribution in [1.29, 1.82) is 0 Å². The van der Waals surface area contributed by atoms with E-state index in [1.807, 2.05) is 26.0 Å². The molecule has 9 nitrogen and oxygen atoms in total. The zero-order valence-electron chi connectivity index (χ0n) is 22.9. The molecule has 41 heavy (non-hydrogen) atoms. The summed E-state index contributed by atoms with van der Waals surface area (Å²) in [6.07, 6.45) is 1.63. The number of likely N-dealkylation sites (N-methyl/N-ethyl adjacent to an activating group) is 1. The normalized spacial score (nSPS) is 15.0. The van der Waals surface area contributed by atoms with Crippen LogP contribution in [-0.4, -0.2) is 33.4 Å². The summed E-state index contributed by atoms with van der Waals surface area (Å²) in [6, 6.07) is 14.7. The predicted molar refractivity (Wildman–Crippen MR) is 159 cm³/mol. The van der Waals surface area contributed by atoms with Crippen molar-refractivity contribution >= 4 is 40.6 Å². The largest absolute Gasteiger partial charge is 0.457 e. The van der Waals surface area contributed by atoms with E-state index in [9.17, 15) is 19.7 Å². The number of nitrogens with zero attached hydrogens (tertiary/aromatic N) is 4. The van der Waals surface area contributed by atoms with Gasteiger partial charge in [-0.3, -0.25) is 24.3 Å². The van der Waals surface area contributed by atoms with Crippen LogP contribution in [0.2, 0.25) is 5.02 Å². The number of aromatic nitrogens is 1. The number of carbonyl (C=O) groups is 1. The average molecular weight is 591 g/mol. The Bertz CT molecular complexity index is 1880. The smallest absolute Gasteiger partial charge is 0.273 e. The maximum Gasteiger partial charge on any atom is 0.273 e. The van der Waals surface area contributed by atoms with Crippen molar-refractivity contribution < 1.29 is 14.1 Å². The van der Waals surface area contributed by atoms with Crippen LogP contribution in [0.15, 0.2) is 80.1 Å². The highest BCUT2D eigenvalue weighted by atomic mass is 35.5. The van der Waals surface area contributed by atoms with Crippen LogP contribution < -0.4 is 14.9 Å². The highest BCUT2D eigenvalue weighted by molar-refractivity contribution is 7.07. The van der Waals surface area contributed by atoms with Gasteiger partial charge in [-0.15, -0.1) is 0 Å². The molecule has 2 aromatic heterocycles. The molecule has 0 saturated heterocycles. The summed E-state index contributed by atoms with van der Waals surface area (Å²) in [5, 5.41) is 11.9. The molecule has 210 valence electrons. The molecule has 4 aromatic rings. The fourth-order valence-corrected chi connectivity index (χ4v) is 6.18. The number of fused-ring (bicyclic) bond motifs is 1. The second-order valence-electron chi connectivity index (χ2n) is 9.52. The fourth-order valence-electron chi connectivity index (χ4n) is 5.03. The molecule has 2 aromatic carbocycles. The van der Waals surface area contributed by atoms with E-state index in [0.29, 0.717) is 61.4 Å². The van der Waals surface area contributed by atoms with Crippen molar-refractivity contribution in [3.8, 4) is 11.3 Å². The Morgan fingerprint density at radius 3 is 2.51 bits per heavy atom. The molecule has 1 aliphatic heterocycles. The van der Waals surface area contributed by atoms with Gasteiger partial charge in [0.25, 0.3) is 17.2 Å². The third-order valence-electron chi connectivity index (χ3n) is 7.16. The first-order chi connectivity index (χ1) is 19.6. The number of hydrogen-bond acceptors (Lipinski definition) is 7. The molecular weight excluding hydrogens is 564 g/mol. The lowest BCUT2D eigenvalue weighted by atomic mass is 9.94. The van der Waals surface area contributed by atoms with Gasteiger partial charge in [-0.25, -0.2) is 4.99 Å². The molecule has 0 bridgehead atoms. The first-order valence-corrected chi connectivity index (χ1v) is 14.3. The van der Waals surface area contributed by atoms with Gasteiger partial charge in [-0.1, -0.05) is 47.2 Å². The van der Waals surface area contributed by atoms with Crippen molar-refractivity contribution in [2.75, 3.05) is 13.1 Å². The SMILES string of the molecule is CCN(CC)C(=O)C1=C(C)N=c2s/c(=C/c3ccc(-c4cccc([N+](=O)[O-])c4C)o3)c(=O)n2[C@@H]1c1ccc(Cl)cc1. The van der Waals surface area contributed by atoms with Gasteiger partial charge in [0.2, 0.25) is 0 Å². The second-order valence-corrected chi connectivity index (χ2v) is 11.0. The van der Waals surface area contributed by atoms with Gasteiger partial charge in [0.05, 0.1) is 26.8 Å². The second kappa shape index (κ2) is 11.3. The van der Waals surface area contributed by atoms with Crippen LogP contribution in [0.1, 0.15) is 43.7 Å². The minimum absolute atomic E-state index is 0.00129. The van der Waals surface area contributed by atoms with Gasteiger partial charge >= 0.3 is 0 Å². The monoisotopic (exact) mass is 590 g/mol. The molecule has 1 aliphatic rings. The van der Waals surface area contributed by atoms with Crippen molar-refractivity contribution in [3.63, 3.8) is 0 Å². The molecule has 0 aliphatic carbocycles. The molecule has 0 spiro atoms. The number of hydrogen-bond donors (Lipinski definition) is 0. The summed E-state index contributed by atoms with van der Waals surface area (Å²) in [5.74, 6) is 0.690. The summed E-state index contributed by atoms with van der Waals surface area (Å²) >= 11 is 7.36. The number of thiazole rings is 1. The number of carbonyl (C=O) groups excluding carboxylic acids is 1. The molecule has 0 fully saturated rings. The van der Waals surface area contributed by atoms with Crippen molar-refractivity contribution in [2.24, 2.45) is 4.99 Å². The minimum atomic E-state index is -0.682. The maximum absolute atomic E-state index is 13.9. The molecule has 11 heteroatoms. The van der Waals surface area contributed by atoms with E-state index in [0.717, 1.165) is 5.56 Å². The molecule has 0 unspecified atom stereocenters. The Kier molecular flexibility index (Phi) is 7.79. The fraction of sp³-hybridized carbons (Fsp3) is 0.233. The third-order valence-corrected chi connectivity index (χ3v) is 8.39.